The summed E-state index contributed by atoms with van der Waals surface area (Å²) in [6.07, 6.45) is 4.23. The Labute approximate surface area is 88.7 Å². The normalized spacial score (nSPS) is 10.4. The molecule has 0 aliphatic heterocycles. The number of hydrogen-bond donors (Lipinski definition) is 1. The lowest BCUT2D eigenvalue weighted by Crippen LogP contribution is -2.05. The summed E-state index contributed by atoms with van der Waals surface area (Å²) in [5.74, 6) is 0. The maximum atomic E-state index is 3.18. The molecule has 1 aromatic rings. The van der Waals surface area contributed by atoms with Crippen LogP contribution in [0.25, 0.3) is 0 Å². The van der Waals surface area contributed by atoms with Crippen molar-refractivity contribution in [3.8, 4) is 0 Å². The van der Waals surface area contributed by atoms with Crippen LogP contribution in [0.5, 0.6) is 0 Å². The van der Waals surface area contributed by atoms with Gasteiger partial charge in [0.15, 0.2) is 0 Å². The van der Waals surface area contributed by atoms with Gasteiger partial charge >= 0.3 is 0 Å². The number of benzene rings is 1. The second-order valence-corrected chi connectivity index (χ2v) is 4.44. The van der Waals surface area contributed by atoms with Crippen LogP contribution >= 0.6 is 23.5 Å². The highest BCUT2D eigenvalue weighted by atomic mass is 32.2. The third kappa shape index (κ3) is 2.93. The van der Waals surface area contributed by atoms with E-state index >= 15 is 0 Å². The lowest BCUT2D eigenvalue weighted by molar-refractivity contribution is 0.801. The van der Waals surface area contributed by atoms with E-state index in [2.05, 4.69) is 36.0 Å². The Bertz CT molecular complexity index is 274. The van der Waals surface area contributed by atoms with Gasteiger partial charge in [-0.3, -0.25) is 0 Å². The van der Waals surface area contributed by atoms with Crippen molar-refractivity contribution in [2.75, 3.05) is 19.6 Å². The molecule has 0 saturated heterocycles. The van der Waals surface area contributed by atoms with Crippen LogP contribution in [0.1, 0.15) is 5.56 Å². The van der Waals surface area contributed by atoms with E-state index in [1.807, 2.05) is 18.8 Å². The van der Waals surface area contributed by atoms with Crippen LogP contribution in [0.3, 0.4) is 0 Å². The van der Waals surface area contributed by atoms with Crippen molar-refractivity contribution >= 4 is 23.5 Å². The zero-order valence-corrected chi connectivity index (χ0v) is 9.89. The van der Waals surface area contributed by atoms with E-state index in [0.29, 0.717) is 0 Å². The van der Waals surface area contributed by atoms with Crippen molar-refractivity contribution in [3.05, 3.63) is 23.8 Å². The van der Waals surface area contributed by atoms with Crippen molar-refractivity contribution < 1.29 is 0 Å². The zero-order valence-electron chi connectivity index (χ0n) is 8.26. The standard InChI is InChI=1S/C10H15NS2/c1-11-7-8-4-5-9(12-2)6-10(8)13-3/h4-6,11H,7H2,1-3H3. The molecular weight excluding hydrogens is 198 g/mol. The Morgan fingerprint density at radius 2 is 2.00 bits per heavy atom. The summed E-state index contributed by atoms with van der Waals surface area (Å²) >= 11 is 3.60. The van der Waals surface area contributed by atoms with E-state index in [4.69, 9.17) is 0 Å². The van der Waals surface area contributed by atoms with Gasteiger partial charge in [0.25, 0.3) is 0 Å². The molecule has 13 heavy (non-hydrogen) atoms. The molecule has 0 aliphatic carbocycles. The van der Waals surface area contributed by atoms with Crippen LogP contribution < -0.4 is 5.32 Å². The molecule has 0 aliphatic rings. The molecule has 0 bridgehead atoms. The largest absolute Gasteiger partial charge is 0.316 e. The topological polar surface area (TPSA) is 12.0 Å². The van der Waals surface area contributed by atoms with E-state index in [0.717, 1.165) is 6.54 Å². The Hall–Kier alpha value is -0.120. The van der Waals surface area contributed by atoms with E-state index < -0.39 is 0 Å². The highest BCUT2D eigenvalue weighted by Crippen LogP contribution is 2.25. The minimum atomic E-state index is 0.949. The van der Waals surface area contributed by atoms with Gasteiger partial charge in [-0.1, -0.05) is 6.07 Å². The molecule has 0 aromatic heterocycles. The first-order chi connectivity index (χ1) is 6.31. The predicted octanol–water partition coefficient (Wildman–Crippen LogP) is 2.85. The Kier molecular flexibility index (Phi) is 4.70. The molecule has 0 atom stereocenters. The molecule has 0 heterocycles. The summed E-state index contributed by atoms with van der Waals surface area (Å²) in [7, 11) is 1.98. The number of nitrogens with one attached hydrogen (secondary N) is 1. The van der Waals surface area contributed by atoms with Crippen LogP contribution in [-0.2, 0) is 6.54 Å². The van der Waals surface area contributed by atoms with Crippen molar-refractivity contribution in [2.45, 2.75) is 16.3 Å². The molecule has 1 N–H and O–H groups in total. The highest BCUT2D eigenvalue weighted by molar-refractivity contribution is 7.99. The average molecular weight is 213 g/mol. The molecule has 1 nitrogen and oxygen atoms in total. The molecule has 0 spiro atoms. The molecule has 0 amide bonds. The van der Waals surface area contributed by atoms with Crippen molar-refractivity contribution in [1.29, 1.82) is 0 Å². The van der Waals surface area contributed by atoms with E-state index in [1.54, 1.807) is 11.8 Å². The summed E-state index contributed by atoms with van der Waals surface area (Å²) < 4.78 is 0. The quantitative estimate of drug-likeness (QED) is 0.772. The van der Waals surface area contributed by atoms with E-state index in [1.165, 1.54) is 15.4 Å². The van der Waals surface area contributed by atoms with Crippen LogP contribution in [-0.4, -0.2) is 19.6 Å². The van der Waals surface area contributed by atoms with Gasteiger partial charge in [-0.25, -0.2) is 0 Å². The molecule has 0 fully saturated rings. The van der Waals surface area contributed by atoms with E-state index in [9.17, 15) is 0 Å². The summed E-state index contributed by atoms with van der Waals surface area (Å²) in [6.45, 7) is 0.949. The van der Waals surface area contributed by atoms with Crippen molar-refractivity contribution in [3.63, 3.8) is 0 Å². The van der Waals surface area contributed by atoms with Gasteiger partial charge in [-0.2, -0.15) is 0 Å². The lowest BCUT2D eigenvalue weighted by atomic mass is 10.2. The second kappa shape index (κ2) is 5.58. The Morgan fingerprint density at radius 3 is 2.54 bits per heavy atom. The Balaban J connectivity index is 2.93. The van der Waals surface area contributed by atoms with Gasteiger partial charge in [-0.15, -0.1) is 23.5 Å². The maximum Gasteiger partial charge on any atom is 0.0213 e. The van der Waals surface area contributed by atoms with Crippen molar-refractivity contribution in [2.24, 2.45) is 0 Å². The summed E-state index contributed by atoms with van der Waals surface area (Å²) in [5.41, 5.74) is 1.38. The third-order valence-corrected chi connectivity index (χ3v) is 3.41. The van der Waals surface area contributed by atoms with Gasteiger partial charge < -0.3 is 5.32 Å². The molecule has 0 radical (unpaired) electrons. The zero-order chi connectivity index (χ0) is 9.68. The molecule has 72 valence electrons. The van der Waals surface area contributed by atoms with Gasteiger partial charge in [0.05, 0.1) is 0 Å². The van der Waals surface area contributed by atoms with Gasteiger partial charge in [0, 0.05) is 16.3 Å². The summed E-state index contributed by atoms with van der Waals surface area (Å²) in [5, 5.41) is 3.18. The number of thioether (sulfide) groups is 2. The molecule has 1 aromatic carbocycles. The molecular formula is C10H15NS2. The van der Waals surface area contributed by atoms with E-state index in [-0.39, 0.29) is 0 Å². The third-order valence-electron chi connectivity index (χ3n) is 1.86. The van der Waals surface area contributed by atoms with Crippen LogP contribution in [0, 0.1) is 0 Å². The predicted molar refractivity (Wildman–Crippen MR) is 62.8 cm³/mol. The number of hydrogen-bond acceptors (Lipinski definition) is 3. The van der Waals surface area contributed by atoms with Crippen molar-refractivity contribution in [1.82, 2.24) is 5.32 Å². The first-order valence-corrected chi connectivity index (χ1v) is 6.62. The maximum absolute atomic E-state index is 3.18. The SMILES string of the molecule is CNCc1ccc(SC)cc1SC. The van der Waals surface area contributed by atoms with Gasteiger partial charge in [0.1, 0.15) is 0 Å². The molecule has 1 rings (SSSR count). The smallest absolute Gasteiger partial charge is 0.0213 e. The Morgan fingerprint density at radius 1 is 1.23 bits per heavy atom. The average Bonchev–Trinajstić information content (AvgIpc) is 2.19. The number of rotatable bonds is 4. The summed E-state index contributed by atoms with van der Waals surface area (Å²) in [4.78, 5) is 2.71. The van der Waals surface area contributed by atoms with Gasteiger partial charge in [0.2, 0.25) is 0 Å². The molecule has 0 unspecified atom stereocenters. The fraction of sp³-hybridized carbons (Fsp3) is 0.400. The van der Waals surface area contributed by atoms with Gasteiger partial charge in [-0.05, 0) is 37.3 Å². The van der Waals surface area contributed by atoms with Crippen LogP contribution in [0.2, 0.25) is 0 Å². The minimum Gasteiger partial charge on any atom is -0.316 e. The fourth-order valence-corrected chi connectivity index (χ4v) is 2.35. The monoisotopic (exact) mass is 213 g/mol. The van der Waals surface area contributed by atoms with Crippen LogP contribution in [0.4, 0.5) is 0 Å². The highest BCUT2D eigenvalue weighted by Gasteiger charge is 2.01. The lowest BCUT2D eigenvalue weighted by Gasteiger charge is -2.08. The minimum absolute atomic E-state index is 0.949. The summed E-state index contributed by atoms with van der Waals surface area (Å²) in [6, 6.07) is 6.63. The fourth-order valence-electron chi connectivity index (χ4n) is 1.19. The van der Waals surface area contributed by atoms with Crippen LogP contribution in [0.15, 0.2) is 28.0 Å². The molecule has 3 heteroatoms. The first kappa shape index (κ1) is 11.0. The first-order valence-electron chi connectivity index (χ1n) is 4.17. The molecule has 0 saturated carbocycles. The second-order valence-electron chi connectivity index (χ2n) is 2.71.